The number of rotatable bonds is 0. The first-order valence-electron chi connectivity index (χ1n) is 0.289. The summed E-state index contributed by atoms with van der Waals surface area (Å²) in [4.78, 5) is 0. The molecule has 0 aromatic carbocycles. The van der Waals surface area contributed by atoms with Crippen LogP contribution >= 0.6 is 0 Å². The van der Waals surface area contributed by atoms with Crippen molar-refractivity contribution in [2.75, 3.05) is 0 Å². The predicted octanol–water partition coefficient (Wildman–Crippen LogP) is -0.770. The smallest absolute Gasteiger partial charge is 0 e. The summed E-state index contributed by atoms with van der Waals surface area (Å²) >= 11 is 0.125. The molecule has 0 saturated heterocycles. The van der Waals surface area contributed by atoms with Crippen molar-refractivity contribution in [1.29, 1.82) is 0 Å². The second-order valence-corrected chi connectivity index (χ2v) is 0. The van der Waals surface area contributed by atoms with E-state index in [0.29, 0.717) is 0 Å². The summed E-state index contributed by atoms with van der Waals surface area (Å²) in [5.74, 6) is 0. The summed E-state index contributed by atoms with van der Waals surface area (Å²) in [7, 11) is 0. The molecule has 0 aromatic rings. The van der Waals surface area contributed by atoms with Gasteiger partial charge in [-0.25, -0.2) is 0 Å². The minimum atomic E-state index is 0. The summed E-state index contributed by atoms with van der Waals surface area (Å²) in [5.41, 5.74) is 0. The van der Waals surface area contributed by atoms with Crippen molar-refractivity contribution in [3.8, 4) is 0 Å². The van der Waals surface area contributed by atoms with Crippen molar-refractivity contribution in [3.63, 3.8) is 0 Å². The maximum absolute atomic E-state index is 8.38. The molecular weight excluding hydrogens is 288 g/mol. The van der Waals surface area contributed by atoms with Gasteiger partial charge in [-0.05, 0) is 0 Å². The Labute approximate surface area is 85.9 Å². The van der Waals surface area contributed by atoms with E-state index in [4.69, 9.17) is 3.54 Å². The van der Waals surface area contributed by atoms with E-state index in [2.05, 4.69) is 0 Å². The second kappa shape index (κ2) is 17.4. The molecule has 0 aromatic heterocycles. The molecule has 0 fully saturated rings. The van der Waals surface area contributed by atoms with Gasteiger partial charge in [0, 0.05) is 65.8 Å². The molecule has 1 radical (unpaired) electrons. The Hall–Kier alpha value is 2.63. The largest absolute Gasteiger partial charge is 0 e. The fourth-order valence-electron chi connectivity index (χ4n) is 0. The summed E-state index contributed by atoms with van der Waals surface area (Å²) in [6.45, 7) is 0. The monoisotopic (exact) mass is 289 g/mol. The number of hydrogen-bond acceptors (Lipinski definition) is 1. The van der Waals surface area contributed by atoms with E-state index in [1.54, 1.807) is 0 Å². The number of hydrogen-bond donors (Lipinski definition) is 0. The van der Waals surface area contributed by atoms with Gasteiger partial charge in [0.15, 0.2) is 0 Å². The van der Waals surface area contributed by atoms with Gasteiger partial charge >= 0.3 is 22.1 Å². The zero-order valence-corrected chi connectivity index (χ0v) is 9.08. The minimum absolute atomic E-state index is 0. The first-order valence-corrected chi connectivity index (χ1v) is 1.50. The molecule has 1 nitrogen and oxygen atoms in total. The van der Waals surface area contributed by atoms with Gasteiger partial charge in [0.25, 0.3) is 0 Å². The Morgan fingerprint density at radius 3 is 1.25 bits per heavy atom. The van der Waals surface area contributed by atoms with Gasteiger partial charge in [0.05, 0.1) is 0 Å². The summed E-state index contributed by atoms with van der Waals surface area (Å²) < 4.78 is 8.38. The summed E-state index contributed by atoms with van der Waals surface area (Å²) in [6, 6.07) is 0. The van der Waals surface area contributed by atoms with Crippen LogP contribution in [0.3, 0.4) is 0 Å². The van der Waals surface area contributed by atoms with Gasteiger partial charge < -0.3 is 0 Å². The van der Waals surface area contributed by atoms with Crippen LogP contribution in [-0.2, 0) is 29.4 Å². The molecule has 0 N–H and O–H groups in total. The maximum atomic E-state index is 8.38. The molecule has 0 atom stereocenters. The molecule has 0 amide bonds. The van der Waals surface area contributed by atoms with E-state index >= 15 is 0 Å². The Bertz CT molecular complexity index is 8.00. The van der Waals surface area contributed by atoms with E-state index in [0.717, 1.165) is 0 Å². The van der Waals surface area contributed by atoms with Crippen molar-refractivity contribution < 1.29 is 69.3 Å². The fourth-order valence-corrected chi connectivity index (χ4v) is 0. The molecule has 0 heterocycles. The van der Waals surface area contributed by atoms with E-state index < -0.39 is 0 Å². The van der Waals surface area contributed by atoms with Crippen molar-refractivity contribution in [2.24, 2.45) is 0 Å². The van der Waals surface area contributed by atoms with Gasteiger partial charge in [-0.15, -0.1) is 0 Å². The van der Waals surface area contributed by atoms with Crippen molar-refractivity contribution in [3.05, 3.63) is 0 Å². The molecule has 0 rings (SSSR count). The van der Waals surface area contributed by atoms with Crippen LogP contribution in [0.25, 0.3) is 0 Å². The fraction of sp³-hybridized carbons (Fsp3) is 0. The quantitative estimate of drug-likeness (QED) is 0.535. The Morgan fingerprint density at radius 1 is 1.25 bits per heavy atom. The van der Waals surface area contributed by atoms with Crippen LogP contribution in [0.1, 0.15) is 0 Å². The third-order valence-electron chi connectivity index (χ3n) is 0. The van der Waals surface area contributed by atoms with E-state index in [-0.39, 0.29) is 84.3 Å². The summed E-state index contributed by atoms with van der Waals surface area (Å²) in [6.07, 6.45) is 0. The normalized spacial score (nSPS) is 0.750. The topological polar surface area (TPSA) is 17.1 Å². The van der Waals surface area contributed by atoms with Gasteiger partial charge in [-0.1, -0.05) is 0 Å². The molecular formula is HGaGdOSc. The second-order valence-electron chi connectivity index (χ2n) is 0. The zero-order valence-electron chi connectivity index (χ0n) is 2.05. The molecule has 4 heteroatoms. The van der Waals surface area contributed by atoms with Crippen molar-refractivity contribution in [2.45, 2.75) is 0 Å². The molecule has 0 aliphatic rings. The molecule has 0 bridgehead atoms. The third-order valence-corrected chi connectivity index (χ3v) is 0. The van der Waals surface area contributed by atoms with Crippen LogP contribution in [0.15, 0.2) is 0 Å². The van der Waals surface area contributed by atoms with Crippen LogP contribution in [-0.4, -0.2) is 18.6 Å². The van der Waals surface area contributed by atoms with Crippen LogP contribution in [0.2, 0.25) is 0 Å². The van der Waals surface area contributed by atoms with Gasteiger partial charge in [0.1, 0.15) is 0 Å². The van der Waals surface area contributed by atoms with E-state index in [9.17, 15) is 0 Å². The molecule has 0 aliphatic carbocycles. The minimum Gasteiger partial charge on any atom is 0 e. The van der Waals surface area contributed by atoms with Crippen LogP contribution < -0.4 is 0 Å². The molecule has 0 spiro atoms. The maximum Gasteiger partial charge on any atom is 0 e. The van der Waals surface area contributed by atoms with E-state index in [1.807, 2.05) is 0 Å². The molecule has 21 valence electrons. The first-order chi connectivity index (χ1) is 1.00. The zero-order chi connectivity index (χ0) is 2.00. The standard InChI is InChI=1S/Ga.Gd.O.Sc.H. The molecule has 0 unspecified atom stereocenters. The SMILES string of the molecule is [Gd].[O]=[GaH].[Sc]. The van der Waals surface area contributed by atoms with Crippen molar-refractivity contribution in [1.82, 2.24) is 0 Å². The van der Waals surface area contributed by atoms with Gasteiger partial charge in [-0.2, -0.15) is 0 Å². The van der Waals surface area contributed by atoms with Crippen LogP contribution in [0, 0.1) is 39.9 Å². The molecule has 0 aliphatic heterocycles. The predicted molar refractivity (Wildman–Crippen MR) is 7.84 cm³/mol. The van der Waals surface area contributed by atoms with E-state index in [1.165, 1.54) is 0 Å². The first kappa shape index (κ1) is 15.9. The van der Waals surface area contributed by atoms with Crippen LogP contribution in [0.5, 0.6) is 0 Å². The Morgan fingerprint density at radius 2 is 1.25 bits per heavy atom. The average Bonchev–Trinajstić information content (AvgIpc) is 1.00. The Balaban J connectivity index is -0.00000000500. The summed E-state index contributed by atoms with van der Waals surface area (Å²) in [5, 5.41) is 0. The Kier molecular flexibility index (Phi) is 69.6. The van der Waals surface area contributed by atoms with Crippen LogP contribution in [0.4, 0.5) is 0 Å². The van der Waals surface area contributed by atoms with Gasteiger partial charge in [-0.3, -0.25) is 0 Å². The third kappa shape index (κ3) is 8.82. The van der Waals surface area contributed by atoms with Crippen molar-refractivity contribution >= 4 is 18.6 Å². The molecule has 0 saturated carbocycles. The average molecular weight is 289 g/mol. The molecule has 4 heavy (non-hydrogen) atoms. The van der Waals surface area contributed by atoms with Gasteiger partial charge in [0.2, 0.25) is 0 Å².